The monoisotopic (exact) mass is 444 g/mol. The normalized spacial score (nSPS) is 22.8. The van der Waals surface area contributed by atoms with E-state index in [1.54, 1.807) is 0 Å². The first-order valence-electron chi connectivity index (χ1n) is 12.8. The first kappa shape index (κ1) is 22.2. The number of aryl methyl sites for hydroxylation is 2. The Bertz CT molecular complexity index is 921. The highest BCUT2D eigenvalue weighted by atomic mass is 16.2. The van der Waals surface area contributed by atoms with Gasteiger partial charge in [0, 0.05) is 39.0 Å². The van der Waals surface area contributed by atoms with E-state index in [2.05, 4.69) is 48.5 Å². The first-order chi connectivity index (χ1) is 16.2. The molecule has 1 fully saturated rings. The van der Waals surface area contributed by atoms with Crippen molar-refractivity contribution in [3.63, 3.8) is 0 Å². The predicted octanol–water partition coefficient (Wildman–Crippen LogP) is 4.44. The molecule has 3 aliphatic rings. The summed E-state index contributed by atoms with van der Waals surface area (Å²) in [5.74, 6) is 1.44. The zero-order chi connectivity index (χ0) is 22.6. The van der Waals surface area contributed by atoms with Gasteiger partial charge in [0.15, 0.2) is 0 Å². The van der Waals surface area contributed by atoms with Gasteiger partial charge in [-0.25, -0.2) is 0 Å². The highest BCUT2D eigenvalue weighted by Crippen LogP contribution is 2.29. The minimum Gasteiger partial charge on any atom is -0.341 e. The van der Waals surface area contributed by atoms with E-state index in [0.29, 0.717) is 37.8 Å². The molecule has 0 bridgehead atoms. The van der Waals surface area contributed by atoms with Gasteiger partial charge in [0.05, 0.1) is 0 Å². The SMILES string of the molecule is O=C(CC1CCc2ccccc2C1)N1CCCN(C(=O)CC2CCc3ccccc3C2)CC1. The fraction of sp³-hybridized carbons (Fsp3) is 0.517. The molecule has 2 unspecified atom stereocenters. The number of amides is 2. The van der Waals surface area contributed by atoms with E-state index in [4.69, 9.17) is 0 Å². The molecule has 2 atom stereocenters. The molecule has 5 rings (SSSR count). The fourth-order valence-electron chi connectivity index (χ4n) is 6.06. The molecule has 174 valence electrons. The van der Waals surface area contributed by atoms with Gasteiger partial charge in [0.1, 0.15) is 0 Å². The Kier molecular flexibility index (Phi) is 6.80. The van der Waals surface area contributed by atoms with E-state index < -0.39 is 0 Å². The van der Waals surface area contributed by atoms with Crippen molar-refractivity contribution in [2.75, 3.05) is 26.2 Å². The molecule has 1 aliphatic heterocycles. The standard InChI is InChI=1S/C29H36N2O2/c32-28(20-22-10-12-24-6-1-3-8-26(24)18-22)30-14-5-15-31(17-16-30)29(33)21-23-11-13-25-7-2-4-9-27(25)19-23/h1-4,6-9,22-23H,5,10-21H2. The van der Waals surface area contributed by atoms with Crippen LogP contribution in [0.4, 0.5) is 0 Å². The van der Waals surface area contributed by atoms with Crippen molar-refractivity contribution in [2.24, 2.45) is 11.8 Å². The number of carbonyl (C=O) groups excluding carboxylic acids is 2. The van der Waals surface area contributed by atoms with Gasteiger partial charge < -0.3 is 9.80 Å². The second kappa shape index (κ2) is 10.1. The molecule has 2 amide bonds. The molecule has 0 radical (unpaired) electrons. The van der Waals surface area contributed by atoms with Crippen LogP contribution >= 0.6 is 0 Å². The quantitative estimate of drug-likeness (QED) is 0.700. The molecule has 0 aromatic heterocycles. The lowest BCUT2D eigenvalue weighted by atomic mass is 9.82. The van der Waals surface area contributed by atoms with Crippen LogP contribution in [0.2, 0.25) is 0 Å². The molecule has 1 saturated heterocycles. The summed E-state index contributed by atoms with van der Waals surface area (Å²) in [5, 5.41) is 0. The molecule has 0 spiro atoms. The van der Waals surface area contributed by atoms with Crippen molar-refractivity contribution in [2.45, 2.75) is 57.8 Å². The van der Waals surface area contributed by atoms with Crippen molar-refractivity contribution in [1.29, 1.82) is 0 Å². The number of benzene rings is 2. The minimum atomic E-state index is 0.276. The molecule has 0 N–H and O–H groups in total. The van der Waals surface area contributed by atoms with Gasteiger partial charge in [-0.3, -0.25) is 9.59 Å². The number of carbonyl (C=O) groups is 2. The van der Waals surface area contributed by atoms with E-state index >= 15 is 0 Å². The Labute approximate surface area is 198 Å². The summed E-state index contributed by atoms with van der Waals surface area (Å²) in [7, 11) is 0. The molecular weight excluding hydrogens is 408 g/mol. The molecule has 2 aliphatic carbocycles. The first-order valence-corrected chi connectivity index (χ1v) is 12.8. The van der Waals surface area contributed by atoms with Crippen molar-refractivity contribution in [3.8, 4) is 0 Å². The largest absolute Gasteiger partial charge is 0.341 e. The highest BCUT2D eigenvalue weighted by molar-refractivity contribution is 5.78. The molecule has 4 nitrogen and oxygen atoms in total. The average Bonchev–Trinajstić information content (AvgIpc) is 3.10. The van der Waals surface area contributed by atoms with E-state index in [1.807, 2.05) is 9.80 Å². The summed E-state index contributed by atoms with van der Waals surface area (Å²) in [6, 6.07) is 17.3. The smallest absolute Gasteiger partial charge is 0.222 e. The van der Waals surface area contributed by atoms with Crippen molar-refractivity contribution < 1.29 is 9.59 Å². The van der Waals surface area contributed by atoms with Gasteiger partial charge in [-0.15, -0.1) is 0 Å². The van der Waals surface area contributed by atoms with Gasteiger partial charge in [-0.1, -0.05) is 48.5 Å². The predicted molar refractivity (Wildman–Crippen MR) is 131 cm³/mol. The Morgan fingerprint density at radius 2 is 1.06 bits per heavy atom. The number of fused-ring (bicyclic) bond motifs is 2. The van der Waals surface area contributed by atoms with Gasteiger partial charge in [-0.05, 0) is 79.0 Å². The van der Waals surface area contributed by atoms with Crippen LogP contribution < -0.4 is 0 Å². The average molecular weight is 445 g/mol. The van der Waals surface area contributed by atoms with Gasteiger partial charge >= 0.3 is 0 Å². The lowest BCUT2D eigenvalue weighted by molar-refractivity contribution is -0.134. The summed E-state index contributed by atoms with van der Waals surface area (Å²) in [5.41, 5.74) is 5.73. The third-order valence-electron chi connectivity index (χ3n) is 8.03. The molecule has 1 heterocycles. The number of rotatable bonds is 4. The van der Waals surface area contributed by atoms with Crippen LogP contribution in [0.3, 0.4) is 0 Å². The van der Waals surface area contributed by atoms with Crippen LogP contribution in [0, 0.1) is 11.8 Å². The molecule has 33 heavy (non-hydrogen) atoms. The Morgan fingerprint density at radius 3 is 1.52 bits per heavy atom. The Balaban J connectivity index is 1.10. The van der Waals surface area contributed by atoms with Gasteiger partial charge in [0.25, 0.3) is 0 Å². The van der Waals surface area contributed by atoms with Crippen LogP contribution in [0.5, 0.6) is 0 Å². The fourth-order valence-corrected chi connectivity index (χ4v) is 6.06. The van der Waals surface area contributed by atoms with E-state index in [-0.39, 0.29) is 11.8 Å². The van der Waals surface area contributed by atoms with Crippen molar-refractivity contribution in [3.05, 3.63) is 70.8 Å². The van der Waals surface area contributed by atoms with Gasteiger partial charge in [0.2, 0.25) is 11.8 Å². The molecule has 2 aromatic rings. The second-order valence-corrected chi connectivity index (χ2v) is 10.3. The van der Waals surface area contributed by atoms with Crippen LogP contribution in [0.1, 0.15) is 54.4 Å². The Morgan fingerprint density at radius 1 is 0.636 bits per heavy atom. The summed E-state index contributed by atoms with van der Waals surface area (Å²) in [6.45, 7) is 2.92. The van der Waals surface area contributed by atoms with Crippen molar-refractivity contribution in [1.82, 2.24) is 9.80 Å². The summed E-state index contributed by atoms with van der Waals surface area (Å²) < 4.78 is 0. The van der Waals surface area contributed by atoms with E-state index in [1.165, 1.54) is 22.3 Å². The zero-order valence-electron chi connectivity index (χ0n) is 19.7. The van der Waals surface area contributed by atoms with Crippen LogP contribution in [-0.4, -0.2) is 47.8 Å². The minimum absolute atomic E-state index is 0.276. The lowest BCUT2D eigenvalue weighted by Crippen LogP contribution is -2.39. The number of nitrogens with zero attached hydrogens (tertiary/aromatic N) is 2. The lowest BCUT2D eigenvalue weighted by Gasteiger charge is -2.28. The number of hydrogen-bond acceptors (Lipinski definition) is 2. The summed E-state index contributed by atoms with van der Waals surface area (Å²) in [6.07, 6.45) is 8.59. The maximum absolute atomic E-state index is 13.1. The number of hydrogen-bond donors (Lipinski definition) is 0. The third kappa shape index (κ3) is 5.31. The Hall–Kier alpha value is -2.62. The molecule has 2 aromatic carbocycles. The third-order valence-corrected chi connectivity index (χ3v) is 8.03. The van der Waals surface area contributed by atoms with E-state index in [9.17, 15) is 9.59 Å². The maximum atomic E-state index is 13.1. The molecule has 4 heteroatoms. The zero-order valence-corrected chi connectivity index (χ0v) is 19.7. The van der Waals surface area contributed by atoms with Crippen LogP contribution in [0.15, 0.2) is 48.5 Å². The molecule has 0 saturated carbocycles. The van der Waals surface area contributed by atoms with Crippen LogP contribution in [-0.2, 0) is 35.3 Å². The van der Waals surface area contributed by atoms with Crippen LogP contribution in [0.25, 0.3) is 0 Å². The topological polar surface area (TPSA) is 40.6 Å². The van der Waals surface area contributed by atoms with Crippen molar-refractivity contribution >= 4 is 11.8 Å². The summed E-state index contributed by atoms with van der Waals surface area (Å²) >= 11 is 0. The second-order valence-electron chi connectivity index (χ2n) is 10.3. The van der Waals surface area contributed by atoms with Gasteiger partial charge in [-0.2, -0.15) is 0 Å². The molecular formula is C29H36N2O2. The summed E-state index contributed by atoms with van der Waals surface area (Å²) in [4.78, 5) is 30.2. The van der Waals surface area contributed by atoms with E-state index in [0.717, 1.165) is 58.0 Å². The highest BCUT2D eigenvalue weighted by Gasteiger charge is 2.28. The maximum Gasteiger partial charge on any atom is 0.222 e.